The highest BCUT2D eigenvalue weighted by Gasteiger charge is 2.44. The molecule has 0 aromatic rings. The normalized spacial score (nSPS) is 32.0. The van der Waals surface area contributed by atoms with Gasteiger partial charge in [-0.1, -0.05) is 13.3 Å². The van der Waals surface area contributed by atoms with Gasteiger partial charge in [0.15, 0.2) is 0 Å². The molecule has 1 unspecified atom stereocenters. The number of carbonyl (C=O) groups excluding carboxylic acids is 1. The van der Waals surface area contributed by atoms with Gasteiger partial charge in [0.1, 0.15) is 0 Å². The van der Waals surface area contributed by atoms with Crippen molar-refractivity contribution in [3.8, 4) is 0 Å². The van der Waals surface area contributed by atoms with E-state index in [9.17, 15) is 14.7 Å². The zero-order valence-corrected chi connectivity index (χ0v) is 11.3. The molecule has 4 heteroatoms. The number of hydrogen-bond acceptors (Lipinski definition) is 2. The van der Waals surface area contributed by atoms with Gasteiger partial charge in [0.25, 0.3) is 0 Å². The maximum absolute atomic E-state index is 12.4. The van der Waals surface area contributed by atoms with Crippen molar-refractivity contribution in [3.63, 3.8) is 0 Å². The van der Waals surface area contributed by atoms with E-state index in [1.807, 2.05) is 11.9 Å². The minimum atomic E-state index is -0.800. The number of nitrogens with zero attached hydrogens (tertiary/aromatic N) is 1. The van der Waals surface area contributed by atoms with Gasteiger partial charge in [0, 0.05) is 13.1 Å². The lowest BCUT2D eigenvalue weighted by Crippen LogP contribution is -2.45. The van der Waals surface area contributed by atoms with Crippen molar-refractivity contribution in [2.24, 2.45) is 17.8 Å². The van der Waals surface area contributed by atoms with Crippen LogP contribution in [-0.4, -0.2) is 35.0 Å². The van der Waals surface area contributed by atoms with Crippen LogP contribution in [0, 0.1) is 17.8 Å². The van der Waals surface area contributed by atoms with Crippen LogP contribution >= 0.6 is 0 Å². The molecule has 3 atom stereocenters. The van der Waals surface area contributed by atoms with E-state index in [2.05, 4.69) is 6.92 Å². The van der Waals surface area contributed by atoms with E-state index in [-0.39, 0.29) is 11.8 Å². The number of carboxylic acids is 1. The molecule has 0 radical (unpaired) electrons. The number of carboxylic acid groups (broad SMARTS) is 1. The molecule has 0 aromatic heterocycles. The summed E-state index contributed by atoms with van der Waals surface area (Å²) in [7, 11) is 1.84. The van der Waals surface area contributed by atoms with E-state index in [0.29, 0.717) is 18.4 Å². The number of carbonyl (C=O) groups is 2. The molecule has 0 spiro atoms. The van der Waals surface area contributed by atoms with Crippen LogP contribution in [0.25, 0.3) is 0 Å². The Balaban J connectivity index is 2.04. The molecule has 4 nitrogen and oxygen atoms in total. The lowest BCUT2D eigenvalue weighted by atomic mass is 9.89. The quantitative estimate of drug-likeness (QED) is 0.835. The maximum atomic E-state index is 12.4. The zero-order valence-electron chi connectivity index (χ0n) is 11.3. The number of rotatable bonds is 4. The first-order chi connectivity index (χ1) is 8.54. The van der Waals surface area contributed by atoms with Gasteiger partial charge in [-0.15, -0.1) is 0 Å². The molecular formula is C14H23NO3. The fourth-order valence-corrected chi connectivity index (χ4v) is 3.24. The van der Waals surface area contributed by atoms with Gasteiger partial charge >= 0.3 is 5.97 Å². The summed E-state index contributed by atoms with van der Waals surface area (Å²) in [4.78, 5) is 25.5. The van der Waals surface area contributed by atoms with Crippen LogP contribution in [0.2, 0.25) is 0 Å². The predicted octanol–water partition coefficient (Wildman–Crippen LogP) is 2.13. The number of aliphatic carboxylic acids is 1. The Bertz CT molecular complexity index is 338. The molecule has 0 aliphatic heterocycles. The number of hydrogen-bond donors (Lipinski definition) is 1. The molecule has 0 saturated heterocycles. The van der Waals surface area contributed by atoms with E-state index in [1.165, 1.54) is 6.42 Å². The van der Waals surface area contributed by atoms with E-state index in [1.54, 1.807) is 0 Å². The SMILES string of the molecule is CCC1C[C@H](C(=O)N(C)C2CCC2)[C@H](C(=O)O)C1. The van der Waals surface area contributed by atoms with Crippen molar-refractivity contribution in [2.45, 2.75) is 51.5 Å². The number of amides is 1. The predicted molar refractivity (Wildman–Crippen MR) is 68.0 cm³/mol. The topological polar surface area (TPSA) is 57.6 Å². The fourth-order valence-electron chi connectivity index (χ4n) is 3.24. The molecular weight excluding hydrogens is 230 g/mol. The summed E-state index contributed by atoms with van der Waals surface area (Å²) in [6.45, 7) is 2.08. The second kappa shape index (κ2) is 5.29. The minimum Gasteiger partial charge on any atom is -0.481 e. The van der Waals surface area contributed by atoms with E-state index >= 15 is 0 Å². The smallest absolute Gasteiger partial charge is 0.307 e. The van der Waals surface area contributed by atoms with Crippen molar-refractivity contribution < 1.29 is 14.7 Å². The molecule has 2 aliphatic carbocycles. The first kappa shape index (κ1) is 13.4. The monoisotopic (exact) mass is 253 g/mol. The Labute approximate surface area is 108 Å². The molecule has 0 bridgehead atoms. The van der Waals surface area contributed by atoms with Gasteiger partial charge in [-0.2, -0.15) is 0 Å². The van der Waals surface area contributed by atoms with Crippen molar-refractivity contribution in [2.75, 3.05) is 7.05 Å². The highest BCUT2D eigenvalue weighted by Crippen LogP contribution is 2.40. The van der Waals surface area contributed by atoms with Crippen molar-refractivity contribution >= 4 is 11.9 Å². The first-order valence-corrected chi connectivity index (χ1v) is 7.04. The van der Waals surface area contributed by atoms with Crippen LogP contribution in [0.1, 0.15) is 45.4 Å². The lowest BCUT2D eigenvalue weighted by Gasteiger charge is -2.36. The Hall–Kier alpha value is -1.06. The summed E-state index contributed by atoms with van der Waals surface area (Å²) < 4.78 is 0. The molecule has 1 N–H and O–H groups in total. The van der Waals surface area contributed by atoms with Gasteiger partial charge in [-0.3, -0.25) is 9.59 Å². The highest BCUT2D eigenvalue weighted by molar-refractivity contribution is 5.85. The van der Waals surface area contributed by atoms with Gasteiger partial charge in [0.2, 0.25) is 5.91 Å². The summed E-state index contributed by atoms with van der Waals surface area (Å²) in [5, 5.41) is 9.27. The molecule has 102 valence electrons. The van der Waals surface area contributed by atoms with Gasteiger partial charge in [-0.25, -0.2) is 0 Å². The molecule has 0 heterocycles. The van der Waals surface area contributed by atoms with Crippen molar-refractivity contribution in [1.29, 1.82) is 0 Å². The summed E-state index contributed by atoms with van der Waals surface area (Å²) >= 11 is 0. The largest absolute Gasteiger partial charge is 0.481 e. The van der Waals surface area contributed by atoms with Gasteiger partial charge in [0.05, 0.1) is 11.8 Å². The molecule has 18 heavy (non-hydrogen) atoms. The Morgan fingerprint density at radius 2 is 1.83 bits per heavy atom. The van der Waals surface area contributed by atoms with E-state index < -0.39 is 11.9 Å². The lowest BCUT2D eigenvalue weighted by molar-refractivity contribution is -0.150. The summed E-state index contributed by atoms with van der Waals surface area (Å²) in [5.74, 6) is -1.10. The van der Waals surface area contributed by atoms with Gasteiger partial charge < -0.3 is 10.0 Å². The molecule has 1 amide bonds. The van der Waals surface area contributed by atoms with Crippen molar-refractivity contribution in [3.05, 3.63) is 0 Å². The van der Waals surface area contributed by atoms with Crippen LogP contribution in [0.15, 0.2) is 0 Å². The zero-order chi connectivity index (χ0) is 13.3. The van der Waals surface area contributed by atoms with Crippen LogP contribution in [0.5, 0.6) is 0 Å². The Kier molecular flexibility index (Phi) is 3.93. The van der Waals surface area contributed by atoms with Crippen molar-refractivity contribution in [1.82, 2.24) is 4.90 Å². The highest BCUT2D eigenvalue weighted by atomic mass is 16.4. The third-order valence-electron chi connectivity index (χ3n) is 4.84. The molecule has 2 aliphatic rings. The minimum absolute atomic E-state index is 0.0584. The Morgan fingerprint density at radius 1 is 1.22 bits per heavy atom. The Morgan fingerprint density at radius 3 is 2.28 bits per heavy atom. The third-order valence-corrected chi connectivity index (χ3v) is 4.84. The van der Waals surface area contributed by atoms with E-state index in [0.717, 1.165) is 25.7 Å². The summed E-state index contributed by atoms with van der Waals surface area (Å²) in [6, 6.07) is 0.354. The standard InChI is InChI=1S/C14H23NO3/c1-3-9-7-11(12(8-9)14(17)18)13(16)15(2)10-5-4-6-10/h9-12H,3-8H2,1-2H3,(H,17,18)/t9?,11-,12+/m0/s1. The van der Waals surface area contributed by atoms with E-state index in [4.69, 9.17) is 0 Å². The molecule has 2 saturated carbocycles. The molecule has 2 rings (SSSR count). The average molecular weight is 253 g/mol. The molecule has 0 aromatic carbocycles. The van der Waals surface area contributed by atoms with Crippen LogP contribution < -0.4 is 0 Å². The summed E-state index contributed by atoms with van der Waals surface area (Å²) in [5.41, 5.74) is 0. The van der Waals surface area contributed by atoms with Crippen LogP contribution in [0.4, 0.5) is 0 Å². The fraction of sp³-hybridized carbons (Fsp3) is 0.857. The molecule has 2 fully saturated rings. The summed E-state index contributed by atoms with van der Waals surface area (Å²) in [6.07, 6.45) is 5.73. The maximum Gasteiger partial charge on any atom is 0.307 e. The third kappa shape index (κ3) is 2.38. The van der Waals surface area contributed by atoms with Crippen LogP contribution in [-0.2, 0) is 9.59 Å². The first-order valence-electron chi connectivity index (χ1n) is 7.04. The second-order valence-electron chi connectivity index (χ2n) is 5.83. The second-order valence-corrected chi connectivity index (χ2v) is 5.83. The average Bonchev–Trinajstić information content (AvgIpc) is 2.69. The van der Waals surface area contributed by atoms with Gasteiger partial charge in [-0.05, 0) is 38.0 Å². The van der Waals surface area contributed by atoms with Crippen LogP contribution in [0.3, 0.4) is 0 Å².